The number of hydrazine groups is 1. The van der Waals surface area contributed by atoms with Crippen molar-refractivity contribution in [3.63, 3.8) is 0 Å². The highest BCUT2D eigenvalue weighted by Crippen LogP contribution is 2.25. The number of anilines is 2. The van der Waals surface area contributed by atoms with E-state index in [2.05, 4.69) is 51.6 Å². The predicted octanol–water partition coefficient (Wildman–Crippen LogP) is 1.41. The van der Waals surface area contributed by atoms with Gasteiger partial charge in [0.2, 0.25) is 5.89 Å². The summed E-state index contributed by atoms with van der Waals surface area (Å²) in [6, 6.07) is 0. The number of nitrogens with zero attached hydrogens (tertiary/aromatic N) is 4. The Balaban J connectivity index is 2.17. The second-order valence-corrected chi connectivity index (χ2v) is 5.78. The van der Waals surface area contributed by atoms with Gasteiger partial charge in [0.05, 0.1) is 0 Å². The molecule has 0 saturated heterocycles. The van der Waals surface area contributed by atoms with Gasteiger partial charge in [-0.1, -0.05) is 25.9 Å². The third-order valence-corrected chi connectivity index (χ3v) is 2.99. The molecular weight excluding hydrogens is 270 g/mol. The lowest BCUT2D eigenvalue weighted by Crippen LogP contribution is -2.21. The van der Waals surface area contributed by atoms with Crippen LogP contribution >= 0.6 is 0 Å². The first-order chi connectivity index (χ1) is 9.91. The fraction of sp³-hybridized carbons (Fsp3) is 0.538. The van der Waals surface area contributed by atoms with Gasteiger partial charge in [-0.2, -0.15) is 4.98 Å². The maximum absolute atomic E-state index is 5.54. The quantitative estimate of drug-likeness (QED) is 0.559. The minimum absolute atomic E-state index is 0.164. The molecular formula is C13H21N7O. The van der Waals surface area contributed by atoms with Gasteiger partial charge in [-0.3, -0.25) is 0 Å². The third kappa shape index (κ3) is 3.66. The molecule has 2 aromatic heterocycles. The smallest absolute Gasteiger partial charge is 0.228 e. The van der Waals surface area contributed by atoms with Gasteiger partial charge in [-0.15, -0.1) is 0 Å². The van der Waals surface area contributed by atoms with Crippen molar-refractivity contribution in [3.8, 4) is 0 Å². The average Bonchev–Trinajstić information content (AvgIpc) is 2.92. The van der Waals surface area contributed by atoms with E-state index in [4.69, 9.17) is 10.4 Å². The molecule has 0 unspecified atom stereocenters. The van der Waals surface area contributed by atoms with Crippen LogP contribution in [0.2, 0.25) is 0 Å². The SMILES string of the molecule is Cc1c(NN)nc(C(C)(C)C)nc1NCCc1ncno1. The molecule has 8 nitrogen and oxygen atoms in total. The average molecular weight is 291 g/mol. The van der Waals surface area contributed by atoms with Crippen LogP contribution in [0.15, 0.2) is 10.9 Å². The lowest BCUT2D eigenvalue weighted by Gasteiger charge is -2.20. The summed E-state index contributed by atoms with van der Waals surface area (Å²) in [6.45, 7) is 8.71. The zero-order chi connectivity index (χ0) is 15.5. The molecule has 2 rings (SSSR count). The molecule has 0 saturated carbocycles. The van der Waals surface area contributed by atoms with Crippen LogP contribution in [0.25, 0.3) is 0 Å². The monoisotopic (exact) mass is 291 g/mol. The zero-order valence-electron chi connectivity index (χ0n) is 12.8. The second kappa shape index (κ2) is 6.04. The molecule has 0 radical (unpaired) electrons. The van der Waals surface area contributed by atoms with Gasteiger partial charge < -0.3 is 15.3 Å². The standard InChI is InChI=1S/C13H21N7O/c1-8-10(15-6-5-9-16-7-17-21-9)18-12(13(2,3)4)19-11(8)20-14/h7H,5-6,14H2,1-4H3,(H2,15,18,19,20). The highest BCUT2D eigenvalue weighted by Gasteiger charge is 2.20. The Kier molecular flexibility index (Phi) is 4.37. The van der Waals surface area contributed by atoms with Crippen LogP contribution < -0.4 is 16.6 Å². The van der Waals surface area contributed by atoms with Crippen molar-refractivity contribution in [2.75, 3.05) is 17.3 Å². The maximum Gasteiger partial charge on any atom is 0.228 e. The molecule has 21 heavy (non-hydrogen) atoms. The van der Waals surface area contributed by atoms with Crippen LogP contribution in [-0.4, -0.2) is 26.7 Å². The summed E-state index contributed by atoms with van der Waals surface area (Å²) in [5.41, 5.74) is 3.33. The molecule has 8 heteroatoms. The fourth-order valence-electron chi connectivity index (χ4n) is 1.76. The molecule has 0 aliphatic heterocycles. The van der Waals surface area contributed by atoms with Gasteiger partial charge in [0.25, 0.3) is 0 Å². The first kappa shape index (κ1) is 15.2. The molecule has 0 atom stereocenters. The van der Waals surface area contributed by atoms with E-state index in [0.29, 0.717) is 24.7 Å². The summed E-state index contributed by atoms with van der Waals surface area (Å²) in [4.78, 5) is 13.0. The molecule has 114 valence electrons. The Morgan fingerprint density at radius 1 is 1.24 bits per heavy atom. The van der Waals surface area contributed by atoms with Crippen molar-refractivity contribution in [1.82, 2.24) is 20.1 Å². The number of hydrogen-bond acceptors (Lipinski definition) is 8. The molecule has 2 heterocycles. The second-order valence-electron chi connectivity index (χ2n) is 5.78. The van der Waals surface area contributed by atoms with Crippen molar-refractivity contribution in [2.24, 2.45) is 5.84 Å². The number of nitrogens with two attached hydrogens (primary N) is 1. The van der Waals surface area contributed by atoms with Crippen molar-refractivity contribution in [2.45, 2.75) is 39.5 Å². The molecule has 2 aromatic rings. The summed E-state index contributed by atoms with van der Waals surface area (Å²) in [5, 5.41) is 6.84. The number of nitrogen functional groups attached to an aromatic ring is 1. The predicted molar refractivity (Wildman–Crippen MR) is 79.8 cm³/mol. The van der Waals surface area contributed by atoms with Crippen molar-refractivity contribution in [3.05, 3.63) is 23.6 Å². The molecule has 4 N–H and O–H groups in total. The van der Waals surface area contributed by atoms with Crippen LogP contribution in [-0.2, 0) is 11.8 Å². The fourth-order valence-corrected chi connectivity index (χ4v) is 1.76. The summed E-state index contributed by atoms with van der Waals surface area (Å²) < 4.78 is 4.96. The van der Waals surface area contributed by atoms with Crippen LogP contribution in [0.3, 0.4) is 0 Å². The van der Waals surface area contributed by atoms with Crippen LogP contribution in [0.5, 0.6) is 0 Å². The van der Waals surface area contributed by atoms with Crippen molar-refractivity contribution >= 4 is 11.6 Å². The Labute approximate surface area is 123 Å². The van der Waals surface area contributed by atoms with Crippen LogP contribution in [0, 0.1) is 6.92 Å². The Bertz CT molecular complexity index is 589. The number of rotatable bonds is 5. The van der Waals surface area contributed by atoms with E-state index in [0.717, 1.165) is 17.2 Å². The highest BCUT2D eigenvalue weighted by atomic mass is 16.5. The largest absolute Gasteiger partial charge is 0.369 e. The number of nitrogens with one attached hydrogen (secondary N) is 2. The number of aromatic nitrogens is 4. The van der Waals surface area contributed by atoms with E-state index in [-0.39, 0.29) is 5.41 Å². The molecule has 0 aliphatic carbocycles. The summed E-state index contributed by atoms with van der Waals surface area (Å²) in [7, 11) is 0. The lowest BCUT2D eigenvalue weighted by molar-refractivity contribution is 0.379. The minimum Gasteiger partial charge on any atom is -0.369 e. The normalized spacial score (nSPS) is 11.5. The van der Waals surface area contributed by atoms with E-state index in [9.17, 15) is 0 Å². The van der Waals surface area contributed by atoms with Gasteiger partial charge in [0, 0.05) is 23.9 Å². The van der Waals surface area contributed by atoms with E-state index >= 15 is 0 Å². The van der Waals surface area contributed by atoms with Crippen LogP contribution in [0.4, 0.5) is 11.6 Å². The van der Waals surface area contributed by atoms with E-state index in [1.807, 2.05) is 6.92 Å². The van der Waals surface area contributed by atoms with Gasteiger partial charge in [-0.25, -0.2) is 15.8 Å². The highest BCUT2D eigenvalue weighted by molar-refractivity contribution is 5.57. The molecule has 0 fully saturated rings. The lowest BCUT2D eigenvalue weighted by atomic mass is 9.95. The van der Waals surface area contributed by atoms with E-state index < -0.39 is 0 Å². The molecule has 0 aliphatic rings. The van der Waals surface area contributed by atoms with E-state index in [1.54, 1.807) is 0 Å². The third-order valence-electron chi connectivity index (χ3n) is 2.99. The van der Waals surface area contributed by atoms with Crippen LogP contribution in [0.1, 0.15) is 38.0 Å². The molecule has 0 aromatic carbocycles. The summed E-state index contributed by atoms with van der Waals surface area (Å²) in [5.74, 6) is 8.22. The minimum atomic E-state index is -0.164. The van der Waals surface area contributed by atoms with Gasteiger partial charge >= 0.3 is 0 Å². The zero-order valence-corrected chi connectivity index (χ0v) is 12.8. The number of hydrogen-bond donors (Lipinski definition) is 3. The Hall–Kier alpha value is -2.22. The van der Waals surface area contributed by atoms with Gasteiger partial charge in [0.15, 0.2) is 6.33 Å². The van der Waals surface area contributed by atoms with Gasteiger partial charge in [0.1, 0.15) is 17.5 Å². The van der Waals surface area contributed by atoms with Crippen molar-refractivity contribution in [1.29, 1.82) is 0 Å². The Morgan fingerprint density at radius 3 is 2.52 bits per heavy atom. The van der Waals surface area contributed by atoms with Crippen molar-refractivity contribution < 1.29 is 4.52 Å². The first-order valence-corrected chi connectivity index (χ1v) is 6.77. The summed E-state index contributed by atoms with van der Waals surface area (Å²) >= 11 is 0. The summed E-state index contributed by atoms with van der Waals surface area (Å²) in [6.07, 6.45) is 2.01. The van der Waals surface area contributed by atoms with Gasteiger partial charge in [-0.05, 0) is 6.92 Å². The molecule has 0 spiro atoms. The molecule has 0 amide bonds. The van der Waals surface area contributed by atoms with E-state index in [1.165, 1.54) is 6.33 Å². The topological polar surface area (TPSA) is 115 Å². The maximum atomic E-state index is 5.54. The first-order valence-electron chi connectivity index (χ1n) is 6.77. The molecule has 0 bridgehead atoms. The Morgan fingerprint density at radius 2 is 1.95 bits per heavy atom.